The van der Waals surface area contributed by atoms with E-state index < -0.39 is 0 Å². The molecule has 102 valence electrons. The smallest absolute Gasteiger partial charge is 0.212 e. The minimum Gasteiger partial charge on any atom is -0.363 e. The average Bonchev–Trinajstić information content (AvgIpc) is 3.05. The number of ketones is 2. The van der Waals surface area contributed by atoms with Gasteiger partial charge in [-0.1, -0.05) is 16.8 Å². The normalized spacial score (nSPS) is 19.5. The van der Waals surface area contributed by atoms with Crippen molar-refractivity contribution in [2.75, 3.05) is 5.32 Å². The van der Waals surface area contributed by atoms with Crippen LogP contribution in [0.3, 0.4) is 0 Å². The van der Waals surface area contributed by atoms with Crippen LogP contribution >= 0.6 is 11.6 Å². The van der Waals surface area contributed by atoms with Crippen molar-refractivity contribution in [3.63, 3.8) is 0 Å². The van der Waals surface area contributed by atoms with Gasteiger partial charge < -0.3 is 9.84 Å². The first-order valence-corrected chi connectivity index (χ1v) is 6.55. The van der Waals surface area contributed by atoms with Gasteiger partial charge >= 0.3 is 0 Å². The minimum absolute atomic E-state index is 0.228. The molecular weight excluding hydrogens is 292 g/mol. The summed E-state index contributed by atoms with van der Waals surface area (Å²) < 4.78 is 4.89. The van der Waals surface area contributed by atoms with Gasteiger partial charge in [-0.2, -0.15) is 0 Å². The summed E-state index contributed by atoms with van der Waals surface area (Å²) >= 11 is 5.92. The van der Waals surface area contributed by atoms with E-state index in [2.05, 4.69) is 10.5 Å². The third-order valence-corrected chi connectivity index (χ3v) is 3.70. The van der Waals surface area contributed by atoms with Gasteiger partial charge in [0.15, 0.2) is 5.78 Å². The van der Waals surface area contributed by atoms with E-state index in [0.717, 1.165) is 0 Å². The van der Waals surface area contributed by atoms with Gasteiger partial charge in [-0.3, -0.25) is 9.59 Å². The molecule has 0 radical (unpaired) electrons. The van der Waals surface area contributed by atoms with Crippen molar-refractivity contribution in [3.05, 3.63) is 58.1 Å². The van der Waals surface area contributed by atoms with Crippen molar-refractivity contribution in [2.45, 2.75) is 0 Å². The van der Waals surface area contributed by atoms with Gasteiger partial charge in [-0.25, -0.2) is 0 Å². The maximum atomic E-state index is 12.5. The first kappa shape index (κ1) is 12.1. The van der Waals surface area contributed by atoms with Crippen molar-refractivity contribution in [1.82, 2.24) is 5.16 Å². The lowest BCUT2D eigenvalue weighted by atomic mass is 9.93. The molecule has 0 amide bonds. The van der Waals surface area contributed by atoms with Crippen LogP contribution in [0, 0.1) is 0 Å². The fraction of sp³-hybridized carbons (Fsp3) is 0. The molecule has 2 heterocycles. The van der Waals surface area contributed by atoms with Gasteiger partial charge in [-0.15, -0.1) is 0 Å². The van der Waals surface area contributed by atoms with Gasteiger partial charge in [0.05, 0.1) is 22.5 Å². The summed E-state index contributed by atoms with van der Waals surface area (Å²) in [6.07, 6.45) is 4.30. The molecular formula is C15H7ClN2O3. The molecule has 21 heavy (non-hydrogen) atoms. The Morgan fingerprint density at radius 3 is 2.86 bits per heavy atom. The molecule has 0 spiro atoms. The average molecular weight is 299 g/mol. The highest BCUT2D eigenvalue weighted by Crippen LogP contribution is 2.36. The molecule has 0 fully saturated rings. The molecule has 1 aliphatic carbocycles. The Morgan fingerprint density at radius 2 is 2.00 bits per heavy atom. The molecule has 1 aromatic heterocycles. The van der Waals surface area contributed by atoms with E-state index in [1.807, 2.05) is 0 Å². The second-order valence-corrected chi connectivity index (χ2v) is 5.14. The fourth-order valence-electron chi connectivity index (χ4n) is 2.50. The second-order valence-electron chi connectivity index (χ2n) is 4.71. The number of Topliss-reactive ketones (excluding diaryl/α,β-unsaturated/α-hetero) is 1. The SMILES string of the molecule is O=C1C=Cc2nocc2C1=C1Nc2ccc(Cl)cc2C1=O. The number of hydrogen-bond acceptors (Lipinski definition) is 5. The van der Waals surface area contributed by atoms with Crippen LogP contribution in [0.15, 0.2) is 40.8 Å². The largest absolute Gasteiger partial charge is 0.363 e. The third kappa shape index (κ3) is 1.68. The highest BCUT2D eigenvalue weighted by Gasteiger charge is 2.33. The van der Waals surface area contributed by atoms with Crippen LogP contribution in [0.2, 0.25) is 5.02 Å². The van der Waals surface area contributed by atoms with E-state index in [1.165, 1.54) is 12.3 Å². The van der Waals surface area contributed by atoms with Crippen molar-refractivity contribution < 1.29 is 14.1 Å². The Balaban J connectivity index is 1.94. The molecule has 5 nitrogen and oxygen atoms in total. The molecule has 1 aromatic carbocycles. The lowest BCUT2D eigenvalue weighted by Gasteiger charge is -2.09. The van der Waals surface area contributed by atoms with Crippen LogP contribution in [0.5, 0.6) is 0 Å². The summed E-state index contributed by atoms with van der Waals surface area (Å²) in [4.78, 5) is 24.7. The first-order chi connectivity index (χ1) is 10.1. The molecule has 0 saturated carbocycles. The summed E-state index contributed by atoms with van der Waals surface area (Å²) in [5.74, 6) is -0.529. The van der Waals surface area contributed by atoms with E-state index in [0.29, 0.717) is 27.5 Å². The zero-order valence-electron chi connectivity index (χ0n) is 10.5. The number of aromatic nitrogens is 1. The van der Waals surface area contributed by atoms with Gasteiger partial charge in [0, 0.05) is 10.6 Å². The minimum atomic E-state index is -0.265. The summed E-state index contributed by atoms with van der Waals surface area (Å²) in [7, 11) is 0. The van der Waals surface area contributed by atoms with Crippen LogP contribution in [0.25, 0.3) is 11.6 Å². The van der Waals surface area contributed by atoms with Crippen LogP contribution in [0.4, 0.5) is 5.69 Å². The zero-order chi connectivity index (χ0) is 14.6. The lowest BCUT2D eigenvalue weighted by Crippen LogP contribution is -2.12. The molecule has 1 N–H and O–H groups in total. The predicted octanol–water partition coefficient (Wildman–Crippen LogP) is 2.94. The highest BCUT2D eigenvalue weighted by atomic mass is 35.5. The fourth-order valence-corrected chi connectivity index (χ4v) is 2.67. The quantitative estimate of drug-likeness (QED) is 0.757. The van der Waals surface area contributed by atoms with Gasteiger partial charge in [0.2, 0.25) is 5.78 Å². The number of carbonyl (C=O) groups is 2. The van der Waals surface area contributed by atoms with E-state index in [-0.39, 0.29) is 22.8 Å². The Hall–Kier alpha value is -2.66. The molecule has 2 aromatic rings. The van der Waals surface area contributed by atoms with E-state index >= 15 is 0 Å². The van der Waals surface area contributed by atoms with Crippen LogP contribution in [-0.4, -0.2) is 16.7 Å². The standard InChI is InChI=1S/C15H7ClN2O3/c16-7-1-2-10-8(5-7)15(20)14(17-10)13-9-6-21-18-11(9)3-4-12(13)19/h1-6,17H. The number of fused-ring (bicyclic) bond motifs is 2. The summed E-state index contributed by atoms with van der Waals surface area (Å²) in [6, 6.07) is 4.97. The number of nitrogens with zero attached hydrogens (tertiary/aromatic N) is 1. The topological polar surface area (TPSA) is 72.2 Å². The predicted molar refractivity (Wildman–Crippen MR) is 76.9 cm³/mol. The molecule has 2 aliphatic rings. The maximum Gasteiger partial charge on any atom is 0.212 e. The number of allylic oxidation sites excluding steroid dienone is 3. The number of rotatable bonds is 0. The van der Waals surface area contributed by atoms with Crippen LogP contribution in [0.1, 0.15) is 21.6 Å². The molecule has 1 aliphatic heterocycles. The second kappa shape index (κ2) is 4.17. The number of halogens is 1. The molecule has 4 rings (SSSR count). The van der Waals surface area contributed by atoms with Crippen LogP contribution in [-0.2, 0) is 4.79 Å². The van der Waals surface area contributed by atoms with Crippen molar-refractivity contribution in [3.8, 4) is 0 Å². The maximum absolute atomic E-state index is 12.5. The van der Waals surface area contributed by atoms with Crippen molar-refractivity contribution in [2.24, 2.45) is 0 Å². The molecule has 0 bridgehead atoms. The number of nitrogens with one attached hydrogen (secondary N) is 1. The lowest BCUT2D eigenvalue weighted by molar-refractivity contribution is -0.109. The highest BCUT2D eigenvalue weighted by molar-refractivity contribution is 6.38. The van der Waals surface area contributed by atoms with Crippen molar-refractivity contribution in [1.29, 1.82) is 0 Å². The van der Waals surface area contributed by atoms with Gasteiger partial charge in [0.1, 0.15) is 12.0 Å². The van der Waals surface area contributed by atoms with Crippen LogP contribution < -0.4 is 5.32 Å². The summed E-state index contributed by atoms with van der Waals surface area (Å²) in [6.45, 7) is 0. The Morgan fingerprint density at radius 1 is 1.14 bits per heavy atom. The molecule has 0 unspecified atom stereocenters. The Kier molecular flexibility index (Phi) is 2.40. The first-order valence-electron chi connectivity index (χ1n) is 6.18. The zero-order valence-corrected chi connectivity index (χ0v) is 11.3. The number of hydrogen-bond donors (Lipinski definition) is 1. The van der Waals surface area contributed by atoms with Gasteiger partial charge in [0.25, 0.3) is 0 Å². The summed E-state index contributed by atoms with van der Waals surface area (Å²) in [5.41, 5.74) is 2.62. The molecule has 6 heteroatoms. The van der Waals surface area contributed by atoms with Crippen molar-refractivity contribution >= 4 is 40.5 Å². The number of anilines is 1. The number of carbonyl (C=O) groups excluding carboxylic acids is 2. The third-order valence-electron chi connectivity index (χ3n) is 3.47. The Bertz CT molecular complexity index is 877. The van der Waals surface area contributed by atoms with E-state index in [4.69, 9.17) is 16.1 Å². The van der Waals surface area contributed by atoms with Gasteiger partial charge in [-0.05, 0) is 30.4 Å². The Labute approximate surface area is 123 Å². The van der Waals surface area contributed by atoms with E-state index in [1.54, 1.807) is 24.3 Å². The molecule has 0 saturated heterocycles. The monoisotopic (exact) mass is 298 g/mol. The number of benzene rings is 1. The summed E-state index contributed by atoms with van der Waals surface area (Å²) in [5, 5.41) is 7.25. The van der Waals surface area contributed by atoms with E-state index in [9.17, 15) is 9.59 Å². The molecule has 0 atom stereocenters.